The first-order chi connectivity index (χ1) is 9.50. The van der Waals surface area contributed by atoms with E-state index in [1.165, 1.54) is 6.07 Å². The highest BCUT2D eigenvalue weighted by atomic mass is 19.1. The summed E-state index contributed by atoms with van der Waals surface area (Å²) in [5, 5.41) is 0. The molecule has 4 heteroatoms. The summed E-state index contributed by atoms with van der Waals surface area (Å²) in [5.74, 6) is -0.0308. The molecule has 1 fully saturated rings. The maximum atomic E-state index is 13.8. The van der Waals surface area contributed by atoms with Gasteiger partial charge in [0.25, 0.3) is 0 Å². The molecule has 1 saturated heterocycles. The Bertz CT molecular complexity index is 440. The van der Waals surface area contributed by atoms with E-state index in [1.54, 1.807) is 12.1 Å². The van der Waals surface area contributed by atoms with Crippen LogP contribution in [0.2, 0.25) is 0 Å². The van der Waals surface area contributed by atoms with Crippen molar-refractivity contribution < 1.29 is 9.13 Å². The molecule has 0 aromatic heterocycles. The second kappa shape index (κ2) is 6.66. The van der Waals surface area contributed by atoms with Crippen molar-refractivity contribution in [1.29, 1.82) is 0 Å². The summed E-state index contributed by atoms with van der Waals surface area (Å²) < 4.78 is 19.4. The van der Waals surface area contributed by atoms with Gasteiger partial charge in [0, 0.05) is 30.8 Å². The zero-order valence-corrected chi connectivity index (χ0v) is 12.6. The average molecular weight is 280 g/mol. The van der Waals surface area contributed by atoms with Crippen LogP contribution < -0.4 is 5.73 Å². The van der Waals surface area contributed by atoms with E-state index in [2.05, 4.69) is 25.8 Å². The normalized spacial score (nSPS) is 25.9. The topological polar surface area (TPSA) is 38.5 Å². The monoisotopic (exact) mass is 280 g/mol. The van der Waals surface area contributed by atoms with Crippen molar-refractivity contribution in [2.75, 3.05) is 20.2 Å². The number of hydrogen-bond acceptors (Lipinski definition) is 3. The van der Waals surface area contributed by atoms with Gasteiger partial charge < -0.3 is 15.4 Å². The molecule has 2 N–H and O–H groups in total. The van der Waals surface area contributed by atoms with Crippen LogP contribution in [0.4, 0.5) is 4.39 Å². The lowest BCUT2D eigenvalue weighted by Crippen LogP contribution is -2.41. The molecule has 2 rings (SSSR count). The molecule has 3 nitrogen and oxygen atoms in total. The van der Waals surface area contributed by atoms with Crippen LogP contribution in [0.25, 0.3) is 0 Å². The smallest absolute Gasteiger partial charge is 0.127 e. The van der Waals surface area contributed by atoms with Gasteiger partial charge in [-0.05, 0) is 32.4 Å². The Labute approximate surface area is 120 Å². The van der Waals surface area contributed by atoms with E-state index in [-0.39, 0.29) is 23.9 Å². The molecule has 0 saturated carbocycles. The van der Waals surface area contributed by atoms with Gasteiger partial charge in [0.05, 0.1) is 6.10 Å². The quantitative estimate of drug-likeness (QED) is 0.901. The molecule has 0 bridgehead atoms. The van der Waals surface area contributed by atoms with Gasteiger partial charge >= 0.3 is 0 Å². The summed E-state index contributed by atoms with van der Waals surface area (Å²) in [7, 11) is 2.10. The molecule has 1 aliphatic heterocycles. The highest BCUT2D eigenvalue weighted by Gasteiger charge is 2.29. The summed E-state index contributed by atoms with van der Waals surface area (Å²) in [6.45, 7) is 5.85. The highest BCUT2D eigenvalue weighted by Crippen LogP contribution is 2.25. The molecule has 0 aliphatic carbocycles. The predicted octanol–water partition coefficient (Wildman–Crippen LogP) is 2.57. The molecular weight excluding hydrogens is 255 g/mol. The van der Waals surface area contributed by atoms with E-state index >= 15 is 0 Å². The number of nitrogens with zero attached hydrogens (tertiary/aromatic N) is 1. The molecule has 4 unspecified atom stereocenters. The van der Waals surface area contributed by atoms with Gasteiger partial charge in [-0.25, -0.2) is 4.39 Å². The molecule has 1 aromatic rings. The number of halogens is 1. The molecule has 112 valence electrons. The second-order valence-electron chi connectivity index (χ2n) is 5.90. The molecule has 0 radical (unpaired) electrons. The second-order valence-corrected chi connectivity index (χ2v) is 5.90. The maximum absolute atomic E-state index is 13.8. The number of nitrogens with two attached hydrogens (primary N) is 1. The van der Waals surface area contributed by atoms with E-state index in [9.17, 15) is 4.39 Å². The van der Waals surface area contributed by atoms with Gasteiger partial charge in [0.1, 0.15) is 5.82 Å². The first kappa shape index (κ1) is 15.4. The third-order valence-electron chi connectivity index (χ3n) is 4.36. The van der Waals surface area contributed by atoms with Crippen LogP contribution in [0.1, 0.15) is 31.9 Å². The zero-order valence-electron chi connectivity index (χ0n) is 12.6. The molecule has 1 aromatic carbocycles. The third-order valence-corrected chi connectivity index (χ3v) is 4.36. The minimum Gasteiger partial charge on any atom is -0.377 e. The largest absolute Gasteiger partial charge is 0.377 e. The average Bonchev–Trinajstić information content (AvgIpc) is 2.84. The van der Waals surface area contributed by atoms with Gasteiger partial charge in [-0.1, -0.05) is 25.1 Å². The number of likely N-dealkylation sites (N-methyl/N-ethyl adjacent to an activating group) is 1. The minimum atomic E-state index is -0.281. The van der Waals surface area contributed by atoms with Crippen LogP contribution in [0, 0.1) is 11.7 Å². The lowest BCUT2D eigenvalue weighted by atomic mass is 9.94. The molecule has 0 amide bonds. The molecule has 20 heavy (non-hydrogen) atoms. The zero-order chi connectivity index (χ0) is 14.7. The molecule has 0 spiro atoms. The summed E-state index contributed by atoms with van der Waals surface area (Å²) in [5.41, 5.74) is 6.82. The van der Waals surface area contributed by atoms with Crippen molar-refractivity contribution >= 4 is 0 Å². The summed E-state index contributed by atoms with van der Waals surface area (Å²) in [6, 6.07) is 6.93. The van der Waals surface area contributed by atoms with Gasteiger partial charge in [-0.3, -0.25) is 0 Å². The van der Waals surface area contributed by atoms with Crippen molar-refractivity contribution in [3.05, 3.63) is 35.6 Å². The number of benzene rings is 1. The fourth-order valence-corrected chi connectivity index (χ4v) is 3.05. The van der Waals surface area contributed by atoms with Gasteiger partial charge in [-0.15, -0.1) is 0 Å². The number of hydrogen-bond donors (Lipinski definition) is 1. The van der Waals surface area contributed by atoms with Crippen LogP contribution in [0.5, 0.6) is 0 Å². The lowest BCUT2D eigenvalue weighted by molar-refractivity contribution is 0.0774. The standard InChI is InChI=1S/C16H25FN2O/c1-11(10-19(3)15-8-9-20-12(15)2)16(18)13-6-4-5-7-14(13)17/h4-7,11-12,15-16H,8-10,18H2,1-3H3. The Morgan fingerprint density at radius 1 is 1.45 bits per heavy atom. The van der Waals surface area contributed by atoms with Crippen LogP contribution >= 0.6 is 0 Å². The Morgan fingerprint density at radius 3 is 2.75 bits per heavy atom. The molecule has 4 atom stereocenters. The van der Waals surface area contributed by atoms with Crippen molar-refractivity contribution in [1.82, 2.24) is 4.90 Å². The third kappa shape index (κ3) is 3.37. The molecule has 1 aliphatic rings. The van der Waals surface area contributed by atoms with Crippen molar-refractivity contribution in [2.24, 2.45) is 11.7 Å². The Kier molecular flexibility index (Phi) is 5.13. The predicted molar refractivity (Wildman–Crippen MR) is 78.9 cm³/mol. The van der Waals surface area contributed by atoms with Crippen molar-refractivity contribution in [2.45, 2.75) is 38.5 Å². The fraction of sp³-hybridized carbons (Fsp3) is 0.625. The highest BCUT2D eigenvalue weighted by molar-refractivity contribution is 5.21. The lowest BCUT2D eigenvalue weighted by Gasteiger charge is -2.31. The maximum Gasteiger partial charge on any atom is 0.127 e. The Morgan fingerprint density at radius 2 is 2.15 bits per heavy atom. The van der Waals surface area contributed by atoms with Crippen LogP contribution in [0.15, 0.2) is 24.3 Å². The summed E-state index contributed by atoms with van der Waals surface area (Å²) in [4.78, 5) is 2.29. The van der Waals surface area contributed by atoms with E-state index < -0.39 is 0 Å². The number of ether oxygens (including phenoxy) is 1. The first-order valence-electron chi connectivity index (χ1n) is 7.32. The van der Waals surface area contributed by atoms with Gasteiger partial charge in [-0.2, -0.15) is 0 Å². The van der Waals surface area contributed by atoms with Gasteiger partial charge in [0.2, 0.25) is 0 Å². The summed E-state index contributed by atoms with van der Waals surface area (Å²) >= 11 is 0. The van der Waals surface area contributed by atoms with E-state index in [0.717, 1.165) is 19.6 Å². The molecular formula is C16H25FN2O. The SMILES string of the molecule is CC(CN(C)C1CCOC1C)C(N)c1ccccc1F. The van der Waals surface area contributed by atoms with Crippen molar-refractivity contribution in [3.63, 3.8) is 0 Å². The number of rotatable bonds is 5. The van der Waals surface area contributed by atoms with Crippen LogP contribution in [-0.2, 0) is 4.74 Å². The van der Waals surface area contributed by atoms with E-state index in [0.29, 0.717) is 11.6 Å². The molecule has 1 heterocycles. The van der Waals surface area contributed by atoms with E-state index in [4.69, 9.17) is 10.5 Å². The first-order valence-corrected chi connectivity index (χ1v) is 7.32. The Hall–Kier alpha value is -0.970. The van der Waals surface area contributed by atoms with Gasteiger partial charge in [0.15, 0.2) is 0 Å². The Balaban J connectivity index is 1.97. The van der Waals surface area contributed by atoms with Crippen LogP contribution in [0.3, 0.4) is 0 Å². The summed E-state index contributed by atoms with van der Waals surface area (Å²) in [6.07, 6.45) is 1.32. The minimum absolute atomic E-state index is 0.185. The van der Waals surface area contributed by atoms with Crippen LogP contribution in [-0.4, -0.2) is 37.2 Å². The van der Waals surface area contributed by atoms with E-state index in [1.807, 2.05) is 6.07 Å². The fourth-order valence-electron chi connectivity index (χ4n) is 3.05. The van der Waals surface area contributed by atoms with Crippen molar-refractivity contribution in [3.8, 4) is 0 Å².